The molecule has 0 saturated heterocycles. The van der Waals surface area contributed by atoms with Crippen LogP contribution in [0, 0.1) is 0 Å². The number of nitrogens with two attached hydrogens (primary N) is 1. The smallest absolute Gasteiger partial charge is 0.152 e. The van der Waals surface area contributed by atoms with E-state index in [-0.39, 0.29) is 6.04 Å². The van der Waals surface area contributed by atoms with Gasteiger partial charge in [-0.1, -0.05) is 5.21 Å². The van der Waals surface area contributed by atoms with Gasteiger partial charge in [0.2, 0.25) is 0 Å². The van der Waals surface area contributed by atoms with E-state index in [1.165, 1.54) is 6.33 Å². The molecule has 0 bridgehead atoms. The van der Waals surface area contributed by atoms with Crippen molar-refractivity contribution in [1.29, 1.82) is 0 Å². The van der Waals surface area contributed by atoms with Gasteiger partial charge in [-0.15, -0.1) is 5.10 Å². The van der Waals surface area contributed by atoms with Crippen molar-refractivity contribution in [1.82, 2.24) is 29.6 Å². The van der Waals surface area contributed by atoms with Crippen LogP contribution >= 0.6 is 15.9 Å². The number of nitrogen functional groups attached to an aromatic ring is 1. The first-order valence-corrected chi connectivity index (χ1v) is 6.57. The van der Waals surface area contributed by atoms with Gasteiger partial charge in [-0.05, 0) is 35.8 Å². The van der Waals surface area contributed by atoms with Crippen molar-refractivity contribution in [3.8, 4) is 11.3 Å². The molecule has 0 unspecified atom stereocenters. The summed E-state index contributed by atoms with van der Waals surface area (Å²) in [5.74, 6) is 0.423. The molecule has 3 aromatic rings. The minimum atomic E-state index is 0.206. The summed E-state index contributed by atoms with van der Waals surface area (Å²) in [6.07, 6.45) is 3.14. The van der Waals surface area contributed by atoms with Gasteiger partial charge < -0.3 is 5.73 Å². The van der Waals surface area contributed by atoms with E-state index in [2.05, 4.69) is 36.3 Å². The Morgan fingerprint density at radius 3 is 2.89 bits per heavy atom. The highest BCUT2D eigenvalue weighted by Crippen LogP contribution is 2.32. The van der Waals surface area contributed by atoms with Crippen molar-refractivity contribution in [2.24, 2.45) is 0 Å². The van der Waals surface area contributed by atoms with Crippen LogP contribution in [-0.2, 0) is 0 Å². The number of hydrogen-bond donors (Lipinski definition) is 1. The van der Waals surface area contributed by atoms with Crippen LogP contribution in [0.15, 0.2) is 23.2 Å². The normalized spacial score (nSPS) is 11.6. The second-order valence-corrected chi connectivity index (χ2v) is 5.26. The van der Waals surface area contributed by atoms with Gasteiger partial charge >= 0.3 is 0 Å². The monoisotopic (exact) mass is 321 g/mol. The van der Waals surface area contributed by atoms with Crippen LogP contribution < -0.4 is 5.73 Å². The first-order valence-electron chi connectivity index (χ1n) is 5.78. The highest BCUT2D eigenvalue weighted by molar-refractivity contribution is 9.10. The Kier molecular flexibility index (Phi) is 2.74. The van der Waals surface area contributed by atoms with Crippen molar-refractivity contribution in [3.05, 3.63) is 23.2 Å². The summed E-state index contributed by atoms with van der Waals surface area (Å²) < 4.78 is 4.35. The molecule has 3 rings (SSSR count). The molecule has 0 aliphatic rings. The lowest BCUT2D eigenvalue weighted by Gasteiger charge is -2.08. The zero-order valence-electron chi connectivity index (χ0n) is 10.4. The van der Waals surface area contributed by atoms with Crippen LogP contribution in [0.2, 0.25) is 0 Å². The van der Waals surface area contributed by atoms with Gasteiger partial charge in [0.1, 0.15) is 16.4 Å². The minimum Gasteiger partial charge on any atom is -0.382 e. The highest BCUT2D eigenvalue weighted by atomic mass is 79.9. The summed E-state index contributed by atoms with van der Waals surface area (Å²) in [5.41, 5.74) is 8.50. The first kappa shape index (κ1) is 12.1. The summed E-state index contributed by atoms with van der Waals surface area (Å²) >= 11 is 3.47. The molecule has 0 aromatic carbocycles. The van der Waals surface area contributed by atoms with Gasteiger partial charge in [0.25, 0.3) is 0 Å². The van der Waals surface area contributed by atoms with E-state index < -0.39 is 0 Å². The van der Waals surface area contributed by atoms with E-state index in [0.29, 0.717) is 5.82 Å². The fraction of sp³-hybridized carbons (Fsp3) is 0.273. The van der Waals surface area contributed by atoms with Crippen molar-refractivity contribution in [2.45, 2.75) is 19.9 Å². The summed E-state index contributed by atoms with van der Waals surface area (Å²) in [4.78, 5) is 4.04. The van der Waals surface area contributed by atoms with E-state index in [9.17, 15) is 0 Å². The largest absolute Gasteiger partial charge is 0.382 e. The van der Waals surface area contributed by atoms with Crippen molar-refractivity contribution in [2.75, 3.05) is 5.73 Å². The molecule has 0 radical (unpaired) electrons. The molecule has 0 fully saturated rings. The number of halogens is 1. The molecule has 0 spiro atoms. The minimum absolute atomic E-state index is 0.206. The number of aromatic nitrogens is 6. The maximum Gasteiger partial charge on any atom is 0.152 e. The summed E-state index contributed by atoms with van der Waals surface area (Å²) in [5, 5.41) is 12.2. The molecule has 3 aromatic heterocycles. The Balaban J connectivity index is 2.34. The number of fused-ring (bicyclic) bond motifs is 1. The van der Waals surface area contributed by atoms with Gasteiger partial charge in [0, 0.05) is 11.6 Å². The predicted molar refractivity (Wildman–Crippen MR) is 74.5 cm³/mol. The Hall–Kier alpha value is -1.96. The van der Waals surface area contributed by atoms with Gasteiger partial charge in [-0.3, -0.25) is 0 Å². The molecular weight excluding hydrogens is 310 g/mol. The van der Waals surface area contributed by atoms with Gasteiger partial charge in [0.15, 0.2) is 5.82 Å². The second kappa shape index (κ2) is 4.30. The standard InChI is InChI=1S/C11H12BrN7/c1-6(2)18-8(4-15-17-18)7-3-9(12)19-10(7)11(13)14-5-16-19/h3-6H,1-2H3,(H2,13,14,16). The molecule has 0 aliphatic heterocycles. The summed E-state index contributed by atoms with van der Waals surface area (Å²) in [7, 11) is 0. The number of hydrogen-bond acceptors (Lipinski definition) is 5. The molecule has 0 amide bonds. The molecule has 19 heavy (non-hydrogen) atoms. The average molecular weight is 322 g/mol. The molecule has 3 heterocycles. The van der Waals surface area contributed by atoms with E-state index in [1.54, 1.807) is 10.7 Å². The summed E-state index contributed by atoms with van der Waals surface area (Å²) in [6, 6.07) is 2.15. The number of anilines is 1. The third-order valence-corrected chi connectivity index (χ3v) is 3.44. The molecule has 2 N–H and O–H groups in total. The van der Waals surface area contributed by atoms with Crippen LogP contribution in [0.4, 0.5) is 5.82 Å². The van der Waals surface area contributed by atoms with Crippen LogP contribution in [-0.4, -0.2) is 29.6 Å². The lowest BCUT2D eigenvalue weighted by atomic mass is 10.2. The van der Waals surface area contributed by atoms with Crippen LogP contribution in [0.25, 0.3) is 16.8 Å². The van der Waals surface area contributed by atoms with Crippen LogP contribution in [0.1, 0.15) is 19.9 Å². The Bertz CT molecular complexity index is 743. The zero-order chi connectivity index (χ0) is 13.6. The van der Waals surface area contributed by atoms with E-state index in [0.717, 1.165) is 21.4 Å². The van der Waals surface area contributed by atoms with Gasteiger partial charge in [0.05, 0.1) is 11.9 Å². The van der Waals surface area contributed by atoms with Gasteiger partial charge in [-0.25, -0.2) is 14.2 Å². The Morgan fingerprint density at radius 1 is 1.37 bits per heavy atom. The maximum atomic E-state index is 5.96. The molecule has 7 nitrogen and oxygen atoms in total. The quantitative estimate of drug-likeness (QED) is 0.779. The molecule has 98 valence electrons. The second-order valence-electron chi connectivity index (χ2n) is 4.44. The van der Waals surface area contributed by atoms with E-state index in [4.69, 9.17) is 5.73 Å². The van der Waals surface area contributed by atoms with Crippen molar-refractivity contribution in [3.63, 3.8) is 0 Å². The SMILES string of the molecule is CC(C)n1nncc1-c1cc(Br)n2ncnc(N)c12. The average Bonchev–Trinajstić information content (AvgIpc) is 2.95. The number of nitrogens with zero attached hydrogens (tertiary/aromatic N) is 6. The Labute approximate surface area is 117 Å². The molecular formula is C11H12BrN7. The highest BCUT2D eigenvalue weighted by Gasteiger charge is 2.18. The zero-order valence-corrected chi connectivity index (χ0v) is 12.0. The molecule has 0 saturated carbocycles. The lowest BCUT2D eigenvalue weighted by Crippen LogP contribution is -2.05. The fourth-order valence-corrected chi connectivity index (χ4v) is 2.54. The Morgan fingerprint density at radius 2 is 2.16 bits per heavy atom. The topological polar surface area (TPSA) is 86.9 Å². The van der Waals surface area contributed by atoms with Crippen molar-refractivity contribution < 1.29 is 0 Å². The van der Waals surface area contributed by atoms with Gasteiger partial charge in [-0.2, -0.15) is 5.10 Å². The third kappa shape index (κ3) is 1.79. The van der Waals surface area contributed by atoms with Crippen LogP contribution in [0.5, 0.6) is 0 Å². The van der Waals surface area contributed by atoms with E-state index >= 15 is 0 Å². The molecule has 8 heteroatoms. The van der Waals surface area contributed by atoms with Crippen molar-refractivity contribution >= 4 is 27.3 Å². The summed E-state index contributed by atoms with van der Waals surface area (Å²) in [6.45, 7) is 4.09. The predicted octanol–water partition coefficient (Wildman–Crippen LogP) is 1.91. The third-order valence-electron chi connectivity index (χ3n) is 2.88. The molecule has 0 atom stereocenters. The first-order chi connectivity index (χ1) is 9.09. The lowest BCUT2D eigenvalue weighted by molar-refractivity contribution is 0.519. The maximum absolute atomic E-state index is 5.96. The molecule has 0 aliphatic carbocycles. The van der Waals surface area contributed by atoms with Crippen LogP contribution in [0.3, 0.4) is 0 Å². The number of rotatable bonds is 2. The van der Waals surface area contributed by atoms with E-state index in [1.807, 2.05) is 24.6 Å². The fourth-order valence-electron chi connectivity index (χ4n) is 2.04.